The largest absolute Gasteiger partial charge is 0.373 e. The summed E-state index contributed by atoms with van der Waals surface area (Å²) in [4.78, 5) is 12.5. The summed E-state index contributed by atoms with van der Waals surface area (Å²) >= 11 is 0. The molecule has 5 rings (SSSR count). The second kappa shape index (κ2) is 6.44. The van der Waals surface area contributed by atoms with Crippen molar-refractivity contribution < 1.29 is 9.53 Å². The number of carbonyl (C=O) groups excluding carboxylic acids is 1. The summed E-state index contributed by atoms with van der Waals surface area (Å²) in [6, 6.07) is 19.3. The molecule has 0 aromatic heterocycles. The molecule has 4 heteroatoms. The van der Waals surface area contributed by atoms with E-state index in [-0.39, 0.29) is 18.2 Å². The molecule has 1 aliphatic heterocycles. The molecule has 2 aromatic carbocycles. The highest BCUT2D eigenvalue weighted by molar-refractivity contribution is 5.75. The summed E-state index contributed by atoms with van der Waals surface area (Å²) in [5.41, 5.74) is 4.07. The van der Waals surface area contributed by atoms with Crippen LogP contribution in [0.15, 0.2) is 54.6 Å². The number of amides is 2. The van der Waals surface area contributed by atoms with Gasteiger partial charge in [0.25, 0.3) is 0 Å². The third kappa shape index (κ3) is 2.88. The third-order valence-corrected chi connectivity index (χ3v) is 6.13. The summed E-state index contributed by atoms with van der Waals surface area (Å²) in [6.45, 7) is 0.687. The molecule has 2 fully saturated rings. The molecule has 1 saturated carbocycles. The van der Waals surface area contributed by atoms with Gasteiger partial charge in [-0.15, -0.1) is 0 Å². The van der Waals surface area contributed by atoms with Gasteiger partial charge in [-0.25, -0.2) is 4.79 Å². The molecular weight excluding hydrogens is 324 g/mol. The van der Waals surface area contributed by atoms with Crippen LogP contribution in [-0.4, -0.2) is 24.7 Å². The first kappa shape index (κ1) is 15.9. The van der Waals surface area contributed by atoms with Crippen LogP contribution in [0.1, 0.15) is 41.6 Å². The minimum absolute atomic E-state index is 0.0272. The van der Waals surface area contributed by atoms with E-state index < -0.39 is 0 Å². The summed E-state index contributed by atoms with van der Waals surface area (Å²) in [5, 5.41) is 6.38. The molecule has 0 radical (unpaired) electrons. The Balaban J connectivity index is 1.16. The summed E-state index contributed by atoms with van der Waals surface area (Å²) in [5.74, 6) is 1.11. The van der Waals surface area contributed by atoms with E-state index in [0.717, 1.165) is 19.3 Å². The van der Waals surface area contributed by atoms with E-state index in [1.807, 2.05) is 18.2 Å². The van der Waals surface area contributed by atoms with Crippen LogP contribution < -0.4 is 10.6 Å². The molecule has 0 spiro atoms. The molecule has 5 unspecified atom stereocenters. The molecule has 1 saturated heterocycles. The Morgan fingerprint density at radius 2 is 1.81 bits per heavy atom. The van der Waals surface area contributed by atoms with Crippen LogP contribution in [-0.2, 0) is 11.2 Å². The van der Waals surface area contributed by atoms with Crippen LogP contribution >= 0.6 is 0 Å². The number of nitrogens with one attached hydrogen (secondary N) is 2. The molecule has 26 heavy (non-hydrogen) atoms. The maximum absolute atomic E-state index is 12.5. The highest BCUT2D eigenvalue weighted by Crippen LogP contribution is 2.56. The summed E-state index contributed by atoms with van der Waals surface area (Å²) in [6.07, 6.45) is 2.87. The van der Waals surface area contributed by atoms with Crippen LogP contribution in [0.25, 0.3) is 0 Å². The molecule has 2 amide bonds. The Hall–Kier alpha value is -2.33. The molecular formula is C22H24N2O2. The van der Waals surface area contributed by atoms with Crippen molar-refractivity contribution in [3.05, 3.63) is 71.3 Å². The van der Waals surface area contributed by atoms with Crippen molar-refractivity contribution in [2.75, 3.05) is 6.61 Å². The van der Waals surface area contributed by atoms with Crippen molar-refractivity contribution in [1.82, 2.24) is 10.6 Å². The zero-order valence-electron chi connectivity index (χ0n) is 14.7. The van der Waals surface area contributed by atoms with Gasteiger partial charge in [0.1, 0.15) is 0 Å². The van der Waals surface area contributed by atoms with E-state index in [0.29, 0.717) is 24.5 Å². The standard InChI is InChI=1S/C22H24N2O2/c25-22(24-21-18-12-15-8-4-5-9-17(15)20(18)21)23-16-10-11-26-19(13-16)14-6-2-1-3-7-14/h1-9,16,18-21H,10-13H2,(H2,23,24,25). The minimum atomic E-state index is -0.0272. The minimum Gasteiger partial charge on any atom is -0.373 e. The van der Waals surface area contributed by atoms with Gasteiger partial charge in [-0.1, -0.05) is 54.6 Å². The average Bonchev–Trinajstić information content (AvgIpc) is 3.18. The maximum atomic E-state index is 12.5. The van der Waals surface area contributed by atoms with Crippen LogP contribution in [0.3, 0.4) is 0 Å². The number of hydrogen-bond acceptors (Lipinski definition) is 2. The van der Waals surface area contributed by atoms with Crippen molar-refractivity contribution >= 4 is 6.03 Å². The number of fused-ring (bicyclic) bond motifs is 3. The molecule has 4 nitrogen and oxygen atoms in total. The lowest BCUT2D eigenvalue weighted by Crippen LogP contribution is -2.46. The SMILES string of the molecule is O=C(NC1CCOC(c2ccccc2)C1)NC1C2Cc3ccccc3C21. The lowest BCUT2D eigenvalue weighted by Gasteiger charge is -2.30. The van der Waals surface area contributed by atoms with Crippen molar-refractivity contribution in [2.24, 2.45) is 5.92 Å². The molecule has 134 valence electrons. The van der Waals surface area contributed by atoms with Gasteiger partial charge in [0.15, 0.2) is 0 Å². The lowest BCUT2D eigenvalue weighted by molar-refractivity contribution is 0.00225. The molecule has 3 aliphatic rings. The summed E-state index contributed by atoms with van der Waals surface area (Å²) in [7, 11) is 0. The number of hydrogen-bond donors (Lipinski definition) is 2. The Labute approximate surface area is 153 Å². The van der Waals surface area contributed by atoms with Gasteiger partial charge in [-0.05, 0) is 41.9 Å². The van der Waals surface area contributed by atoms with Crippen LogP contribution in [0, 0.1) is 5.92 Å². The Bertz CT molecular complexity index is 807. The highest BCUT2D eigenvalue weighted by atomic mass is 16.5. The third-order valence-electron chi connectivity index (χ3n) is 6.13. The predicted molar refractivity (Wildman–Crippen MR) is 100.0 cm³/mol. The highest BCUT2D eigenvalue weighted by Gasteiger charge is 2.56. The van der Waals surface area contributed by atoms with E-state index >= 15 is 0 Å². The smallest absolute Gasteiger partial charge is 0.315 e. The second-order valence-electron chi connectivity index (χ2n) is 7.73. The average molecular weight is 348 g/mol. The van der Waals surface area contributed by atoms with E-state index in [1.165, 1.54) is 16.7 Å². The van der Waals surface area contributed by atoms with Crippen molar-refractivity contribution in [1.29, 1.82) is 0 Å². The molecule has 0 bridgehead atoms. The maximum Gasteiger partial charge on any atom is 0.315 e. The Morgan fingerprint density at radius 1 is 1.00 bits per heavy atom. The monoisotopic (exact) mass is 348 g/mol. The quantitative estimate of drug-likeness (QED) is 0.891. The fourth-order valence-electron chi connectivity index (χ4n) is 4.75. The number of carbonyl (C=O) groups is 1. The van der Waals surface area contributed by atoms with Gasteiger partial charge in [0.2, 0.25) is 0 Å². The Kier molecular flexibility index (Phi) is 3.93. The second-order valence-corrected chi connectivity index (χ2v) is 7.73. The molecule has 2 aromatic rings. The van der Waals surface area contributed by atoms with Crippen LogP contribution in [0.4, 0.5) is 4.79 Å². The number of rotatable bonds is 3. The van der Waals surface area contributed by atoms with Gasteiger partial charge < -0.3 is 15.4 Å². The number of ether oxygens (including phenoxy) is 1. The van der Waals surface area contributed by atoms with Crippen molar-refractivity contribution in [3.8, 4) is 0 Å². The lowest BCUT2D eigenvalue weighted by atomic mass is 9.97. The van der Waals surface area contributed by atoms with E-state index in [2.05, 4.69) is 47.0 Å². The fourth-order valence-corrected chi connectivity index (χ4v) is 4.75. The topological polar surface area (TPSA) is 50.4 Å². The van der Waals surface area contributed by atoms with E-state index in [9.17, 15) is 4.79 Å². The summed E-state index contributed by atoms with van der Waals surface area (Å²) < 4.78 is 5.90. The normalized spacial score (nSPS) is 31.6. The Morgan fingerprint density at radius 3 is 2.69 bits per heavy atom. The first-order valence-corrected chi connectivity index (χ1v) is 9.61. The fraction of sp³-hybridized carbons (Fsp3) is 0.409. The zero-order chi connectivity index (χ0) is 17.5. The van der Waals surface area contributed by atoms with E-state index in [1.54, 1.807) is 0 Å². The van der Waals surface area contributed by atoms with Gasteiger partial charge in [0, 0.05) is 24.6 Å². The van der Waals surface area contributed by atoms with E-state index in [4.69, 9.17) is 4.74 Å². The van der Waals surface area contributed by atoms with Gasteiger partial charge in [0.05, 0.1) is 6.10 Å². The van der Waals surface area contributed by atoms with Crippen molar-refractivity contribution in [2.45, 2.75) is 43.4 Å². The number of urea groups is 1. The number of benzene rings is 2. The van der Waals surface area contributed by atoms with Crippen LogP contribution in [0.2, 0.25) is 0 Å². The van der Waals surface area contributed by atoms with Gasteiger partial charge in [-0.3, -0.25) is 0 Å². The zero-order valence-corrected chi connectivity index (χ0v) is 14.7. The molecule has 2 N–H and O–H groups in total. The van der Waals surface area contributed by atoms with Gasteiger partial charge in [-0.2, -0.15) is 0 Å². The predicted octanol–water partition coefficient (Wildman–Crippen LogP) is 3.54. The van der Waals surface area contributed by atoms with Crippen molar-refractivity contribution in [3.63, 3.8) is 0 Å². The van der Waals surface area contributed by atoms with Gasteiger partial charge >= 0.3 is 6.03 Å². The first-order chi connectivity index (χ1) is 12.8. The first-order valence-electron chi connectivity index (χ1n) is 9.61. The molecule has 5 atom stereocenters. The van der Waals surface area contributed by atoms with Crippen LogP contribution in [0.5, 0.6) is 0 Å². The molecule has 1 heterocycles. The molecule has 2 aliphatic carbocycles.